The minimum atomic E-state index is 0.0268. The van der Waals surface area contributed by atoms with Crippen molar-refractivity contribution < 1.29 is 9.59 Å². The average Bonchev–Trinajstić information content (AvgIpc) is 3.17. The number of nitrogens with one attached hydrogen (secondary N) is 1. The van der Waals surface area contributed by atoms with Crippen LogP contribution in [0.15, 0.2) is 0 Å². The van der Waals surface area contributed by atoms with E-state index in [4.69, 9.17) is 0 Å². The lowest BCUT2D eigenvalue weighted by atomic mass is 9.94. The van der Waals surface area contributed by atoms with Gasteiger partial charge in [0.05, 0.1) is 6.04 Å². The standard InChI is InChI=1S/C18H32N4O2S/c1-2-19-18(24)22-9-7-20(8-10-22)16(15-5-3-4-6-15)17(23)21-11-13-25-14-12-21/h15-16H,2-14H2,1H3,(H,19,24)/t16-/m0/s1. The van der Waals surface area contributed by atoms with Gasteiger partial charge in [0.1, 0.15) is 0 Å². The molecule has 3 fully saturated rings. The van der Waals surface area contributed by atoms with Gasteiger partial charge >= 0.3 is 6.03 Å². The van der Waals surface area contributed by atoms with E-state index in [0.717, 1.165) is 50.8 Å². The van der Waals surface area contributed by atoms with Crippen molar-refractivity contribution in [2.24, 2.45) is 5.92 Å². The largest absolute Gasteiger partial charge is 0.340 e. The maximum Gasteiger partial charge on any atom is 0.317 e. The van der Waals surface area contributed by atoms with E-state index in [1.807, 2.05) is 23.6 Å². The van der Waals surface area contributed by atoms with Crippen LogP contribution in [0.3, 0.4) is 0 Å². The summed E-state index contributed by atoms with van der Waals surface area (Å²) in [5, 5.41) is 2.88. The van der Waals surface area contributed by atoms with E-state index in [9.17, 15) is 9.59 Å². The molecule has 2 saturated heterocycles. The van der Waals surface area contributed by atoms with Gasteiger partial charge in [-0.15, -0.1) is 0 Å². The van der Waals surface area contributed by atoms with Crippen molar-refractivity contribution in [2.45, 2.75) is 38.6 Å². The van der Waals surface area contributed by atoms with Gasteiger partial charge < -0.3 is 15.1 Å². The molecular formula is C18H32N4O2S. The van der Waals surface area contributed by atoms with Crippen molar-refractivity contribution in [2.75, 3.05) is 57.3 Å². The molecule has 1 atom stereocenters. The van der Waals surface area contributed by atoms with Gasteiger partial charge in [-0.2, -0.15) is 11.8 Å². The molecule has 2 heterocycles. The SMILES string of the molecule is CCNC(=O)N1CCN([C@H](C(=O)N2CCSCC2)C2CCCC2)CC1. The third kappa shape index (κ3) is 4.61. The molecule has 142 valence electrons. The summed E-state index contributed by atoms with van der Waals surface area (Å²) in [7, 11) is 0. The Morgan fingerprint density at radius 2 is 1.64 bits per heavy atom. The van der Waals surface area contributed by atoms with Crippen LogP contribution in [-0.4, -0.2) is 90.0 Å². The molecule has 2 aliphatic heterocycles. The Morgan fingerprint density at radius 1 is 1.00 bits per heavy atom. The zero-order valence-electron chi connectivity index (χ0n) is 15.4. The van der Waals surface area contributed by atoms with E-state index in [1.54, 1.807) is 0 Å². The monoisotopic (exact) mass is 368 g/mol. The first-order valence-corrected chi connectivity index (χ1v) is 11.0. The predicted molar refractivity (Wildman–Crippen MR) is 102 cm³/mol. The van der Waals surface area contributed by atoms with Gasteiger partial charge in [-0.25, -0.2) is 4.79 Å². The molecule has 1 saturated carbocycles. The van der Waals surface area contributed by atoms with Gasteiger partial charge in [-0.3, -0.25) is 9.69 Å². The lowest BCUT2D eigenvalue weighted by molar-refractivity contribution is -0.139. The predicted octanol–water partition coefficient (Wildman–Crippen LogP) is 1.47. The number of rotatable bonds is 4. The number of carbonyl (C=O) groups excluding carboxylic acids is 2. The maximum absolute atomic E-state index is 13.3. The van der Waals surface area contributed by atoms with Crippen LogP contribution in [0.4, 0.5) is 4.79 Å². The quantitative estimate of drug-likeness (QED) is 0.816. The fourth-order valence-corrected chi connectivity index (χ4v) is 5.27. The number of piperazine rings is 1. The molecule has 0 radical (unpaired) electrons. The van der Waals surface area contributed by atoms with Crippen molar-refractivity contribution in [3.05, 3.63) is 0 Å². The molecule has 0 unspecified atom stereocenters. The van der Waals surface area contributed by atoms with Crippen molar-refractivity contribution in [3.8, 4) is 0 Å². The van der Waals surface area contributed by atoms with E-state index < -0.39 is 0 Å². The first-order valence-electron chi connectivity index (χ1n) is 9.84. The summed E-state index contributed by atoms with van der Waals surface area (Å²) >= 11 is 1.95. The second kappa shape index (κ2) is 9.12. The Kier molecular flexibility index (Phi) is 6.87. The fourth-order valence-electron chi connectivity index (χ4n) is 4.37. The number of nitrogens with zero attached hydrogens (tertiary/aromatic N) is 3. The van der Waals surface area contributed by atoms with Crippen LogP contribution in [0.5, 0.6) is 0 Å². The Balaban J connectivity index is 1.63. The number of urea groups is 1. The second-order valence-corrected chi connectivity index (χ2v) is 8.51. The molecular weight excluding hydrogens is 336 g/mol. The summed E-state index contributed by atoms with van der Waals surface area (Å²) in [5.41, 5.74) is 0. The van der Waals surface area contributed by atoms with Gasteiger partial charge in [-0.05, 0) is 25.7 Å². The second-order valence-electron chi connectivity index (χ2n) is 7.29. The molecule has 0 spiro atoms. The maximum atomic E-state index is 13.3. The van der Waals surface area contributed by atoms with E-state index in [0.29, 0.717) is 18.4 Å². The Labute approximate surface area is 155 Å². The molecule has 0 aromatic heterocycles. The minimum absolute atomic E-state index is 0.0268. The highest BCUT2D eigenvalue weighted by Crippen LogP contribution is 2.32. The highest BCUT2D eigenvalue weighted by molar-refractivity contribution is 7.99. The van der Waals surface area contributed by atoms with Crippen LogP contribution in [-0.2, 0) is 4.79 Å². The molecule has 0 aromatic carbocycles. The van der Waals surface area contributed by atoms with Crippen LogP contribution < -0.4 is 5.32 Å². The lowest BCUT2D eigenvalue weighted by Gasteiger charge is -2.42. The van der Waals surface area contributed by atoms with Gasteiger partial charge in [0.2, 0.25) is 5.91 Å². The molecule has 0 aromatic rings. The number of hydrogen-bond acceptors (Lipinski definition) is 4. The van der Waals surface area contributed by atoms with Gasteiger partial charge in [-0.1, -0.05) is 12.8 Å². The summed E-state index contributed by atoms with van der Waals surface area (Å²) in [6.07, 6.45) is 4.86. The van der Waals surface area contributed by atoms with Crippen LogP contribution in [0.2, 0.25) is 0 Å². The zero-order chi connectivity index (χ0) is 17.6. The number of amides is 3. The highest BCUT2D eigenvalue weighted by atomic mass is 32.2. The normalized spacial score (nSPS) is 24.4. The first-order chi connectivity index (χ1) is 12.2. The Morgan fingerprint density at radius 3 is 2.24 bits per heavy atom. The van der Waals surface area contributed by atoms with Crippen LogP contribution >= 0.6 is 11.8 Å². The first kappa shape index (κ1) is 18.8. The molecule has 0 bridgehead atoms. The van der Waals surface area contributed by atoms with Gasteiger partial charge in [0.25, 0.3) is 0 Å². The van der Waals surface area contributed by atoms with Crippen LogP contribution in [0, 0.1) is 5.92 Å². The molecule has 3 rings (SSSR count). The number of carbonyl (C=O) groups is 2. The van der Waals surface area contributed by atoms with Gasteiger partial charge in [0.15, 0.2) is 0 Å². The van der Waals surface area contributed by atoms with E-state index >= 15 is 0 Å². The topological polar surface area (TPSA) is 55.9 Å². The van der Waals surface area contributed by atoms with E-state index in [1.165, 1.54) is 25.7 Å². The lowest BCUT2D eigenvalue weighted by Crippen LogP contribution is -2.60. The Bertz CT molecular complexity index is 456. The van der Waals surface area contributed by atoms with Crippen LogP contribution in [0.25, 0.3) is 0 Å². The molecule has 3 amide bonds. The molecule has 3 aliphatic rings. The third-order valence-electron chi connectivity index (χ3n) is 5.74. The summed E-state index contributed by atoms with van der Waals surface area (Å²) in [6, 6.07) is 0.0564. The van der Waals surface area contributed by atoms with Crippen LogP contribution in [0.1, 0.15) is 32.6 Å². The number of hydrogen-bond donors (Lipinski definition) is 1. The number of thioether (sulfide) groups is 1. The van der Waals surface area contributed by atoms with Gasteiger partial charge in [0, 0.05) is 57.3 Å². The molecule has 7 heteroatoms. The third-order valence-corrected chi connectivity index (χ3v) is 6.69. The highest BCUT2D eigenvalue weighted by Gasteiger charge is 2.39. The average molecular weight is 369 g/mol. The zero-order valence-corrected chi connectivity index (χ0v) is 16.2. The molecule has 6 nitrogen and oxygen atoms in total. The van der Waals surface area contributed by atoms with Crippen molar-refractivity contribution in [1.29, 1.82) is 0 Å². The summed E-state index contributed by atoms with van der Waals surface area (Å²) in [4.78, 5) is 31.7. The summed E-state index contributed by atoms with van der Waals surface area (Å²) < 4.78 is 0. The Hall–Kier alpha value is -0.950. The minimum Gasteiger partial charge on any atom is -0.340 e. The molecule has 1 N–H and O–H groups in total. The van der Waals surface area contributed by atoms with Crippen molar-refractivity contribution in [3.63, 3.8) is 0 Å². The molecule has 1 aliphatic carbocycles. The van der Waals surface area contributed by atoms with E-state index in [2.05, 4.69) is 15.1 Å². The van der Waals surface area contributed by atoms with Crippen molar-refractivity contribution in [1.82, 2.24) is 20.0 Å². The van der Waals surface area contributed by atoms with E-state index in [-0.39, 0.29) is 12.1 Å². The fraction of sp³-hybridized carbons (Fsp3) is 0.889. The molecule has 25 heavy (non-hydrogen) atoms. The smallest absolute Gasteiger partial charge is 0.317 e. The summed E-state index contributed by atoms with van der Waals surface area (Å²) in [6.45, 7) is 7.46. The van der Waals surface area contributed by atoms with Crippen molar-refractivity contribution >= 4 is 23.7 Å². The summed E-state index contributed by atoms with van der Waals surface area (Å²) in [5.74, 6) is 2.97.